The summed E-state index contributed by atoms with van der Waals surface area (Å²) in [6.45, 7) is 17.7. The Morgan fingerprint density at radius 2 is 0.978 bits per heavy atom. The average molecular weight is 640 g/mol. The molecular formula is C40H44N4Ni. The second-order valence-corrected chi connectivity index (χ2v) is 11.3. The Morgan fingerprint density at radius 1 is 0.556 bits per heavy atom. The van der Waals surface area contributed by atoms with Gasteiger partial charge < -0.3 is 9.97 Å². The molecule has 0 aliphatic carbocycles. The molecular weight excluding hydrogens is 595 g/mol. The Kier molecular flexibility index (Phi) is 11.0. The minimum absolute atomic E-state index is 0. The fourth-order valence-corrected chi connectivity index (χ4v) is 7.23. The van der Waals surface area contributed by atoms with Crippen LogP contribution in [0.15, 0.2) is 18.2 Å². The van der Waals surface area contributed by atoms with E-state index in [1.165, 1.54) is 44.5 Å². The molecule has 5 rings (SSSR count). The summed E-state index contributed by atoms with van der Waals surface area (Å²) in [5.74, 6) is 8.81. The van der Waals surface area contributed by atoms with Gasteiger partial charge in [-0.3, -0.25) is 0 Å². The monoisotopic (exact) mass is 638 g/mol. The fraction of sp³-hybridized carbons (Fsp3) is 0.400. The summed E-state index contributed by atoms with van der Waals surface area (Å²) in [4.78, 5) is 21.2. The summed E-state index contributed by atoms with van der Waals surface area (Å²) in [6.07, 6.45) is 12.8. The van der Waals surface area contributed by atoms with E-state index in [4.69, 9.17) is 26.4 Å². The van der Waals surface area contributed by atoms with E-state index >= 15 is 0 Å². The number of hydrogen-bond acceptors (Lipinski definition) is 2. The molecule has 2 aliphatic rings. The smallest absolute Gasteiger partial charge is 0.657 e. The molecule has 0 aromatic carbocycles. The van der Waals surface area contributed by atoms with E-state index in [0.29, 0.717) is 0 Å². The SMILES string of the molecule is C#CC#Cc1c2nc(cc3[n-]c(cc4nc(cc5[n-]c1c(CC)c5CC)C(CC)=C4CC)c(CC)c3CC)C(CC)=C2CC.[Ni+2]. The van der Waals surface area contributed by atoms with Gasteiger partial charge in [0.05, 0.1) is 22.8 Å². The maximum Gasteiger partial charge on any atom is 2.00 e. The molecule has 0 radical (unpaired) electrons. The van der Waals surface area contributed by atoms with E-state index in [1.54, 1.807) is 0 Å². The van der Waals surface area contributed by atoms with Gasteiger partial charge in [0, 0.05) is 5.56 Å². The van der Waals surface area contributed by atoms with Crippen LogP contribution in [-0.4, -0.2) is 9.97 Å². The van der Waals surface area contributed by atoms with Crippen LogP contribution in [0.4, 0.5) is 0 Å². The first-order valence-electron chi connectivity index (χ1n) is 16.5. The molecule has 45 heavy (non-hydrogen) atoms. The average Bonchev–Trinajstić information content (AvgIpc) is 3.76. The Bertz CT molecular complexity index is 1960. The van der Waals surface area contributed by atoms with Crippen molar-refractivity contribution in [1.82, 2.24) is 19.9 Å². The van der Waals surface area contributed by atoms with Crippen LogP contribution in [0.25, 0.3) is 44.4 Å². The molecule has 0 N–H and O–H groups in total. The number of rotatable bonds is 8. The minimum atomic E-state index is 0. The van der Waals surface area contributed by atoms with Gasteiger partial charge in [0.25, 0.3) is 0 Å². The van der Waals surface area contributed by atoms with Crippen molar-refractivity contribution in [2.45, 2.75) is 107 Å². The number of aryl methyl sites for hydroxylation is 4. The molecule has 0 fully saturated rings. The maximum absolute atomic E-state index is 5.71. The van der Waals surface area contributed by atoms with E-state index in [9.17, 15) is 0 Å². The first-order valence-corrected chi connectivity index (χ1v) is 16.5. The largest absolute Gasteiger partial charge is 2.00 e. The van der Waals surface area contributed by atoms with Crippen LogP contribution < -0.4 is 9.97 Å². The molecule has 0 saturated heterocycles. The Balaban J connectivity index is 0.00000461. The minimum Gasteiger partial charge on any atom is -0.657 e. The summed E-state index contributed by atoms with van der Waals surface area (Å²) in [5.41, 5.74) is 18.7. The normalized spacial score (nSPS) is 12.6. The predicted octanol–water partition coefficient (Wildman–Crippen LogP) is 9.27. The third-order valence-electron chi connectivity index (χ3n) is 9.21. The van der Waals surface area contributed by atoms with Crippen molar-refractivity contribution in [2.75, 3.05) is 0 Å². The first kappa shape index (κ1) is 34.1. The van der Waals surface area contributed by atoms with Crippen molar-refractivity contribution in [3.8, 4) is 24.2 Å². The predicted molar refractivity (Wildman–Crippen MR) is 187 cm³/mol. The van der Waals surface area contributed by atoms with Gasteiger partial charge in [0.15, 0.2) is 0 Å². The number of terminal acetylenes is 1. The zero-order chi connectivity index (χ0) is 31.5. The molecule has 234 valence electrons. The summed E-state index contributed by atoms with van der Waals surface area (Å²) < 4.78 is 0. The van der Waals surface area contributed by atoms with Gasteiger partial charge in [-0.25, -0.2) is 9.97 Å². The van der Waals surface area contributed by atoms with E-state index in [2.05, 4.69) is 91.4 Å². The second kappa shape index (κ2) is 14.5. The maximum atomic E-state index is 5.71. The molecule has 5 heterocycles. The zero-order valence-corrected chi connectivity index (χ0v) is 29.1. The summed E-state index contributed by atoms with van der Waals surface area (Å²) in [5, 5.41) is 0. The summed E-state index contributed by atoms with van der Waals surface area (Å²) in [6, 6.07) is 6.63. The second-order valence-electron chi connectivity index (χ2n) is 11.3. The molecule has 0 unspecified atom stereocenters. The van der Waals surface area contributed by atoms with Crippen LogP contribution in [0.2, 0.25) is 0 Å². The van der Waals surface area contributed by atoms with Crippen LogP contribution in [0.1, 0.15) is 132 Å². The van der Waals surface area contributed by atoms with E-state index < -0.39 is 0 Å². The number of allylic oxidation sites excluding steroid dienone is 4. The summed E-state index contributed by atoms with van der Waals surface area (Å²) in [7, 11) is 0. The molecule has 0 spiro atoms. The van der Waals surface area contributed by atoms with E-state index in [1.807, 2.05) is 0 Å². The van der Waals surface area contributed by atoms with Crippen molar-refractivity contribution in [2.24, 2.45) is 0 Å². The van der Waals surface area contributed by atoms with Gasteiger partial charge in [-0.1, -0.05) is 102 Å². The Hall–Kier alpha value is -3.79. The van der Waals surface area contributed by atoms with Crippen LogP contribution in [0.3, 0.4) is 0 Å². The third-order valence-corrected chi connectivity index (χ3v) is 9.21. The van der Waals surface area contributed by atoms with Crippen LogP contribution in [0, 0.1) is 24.2 Å². The Morgan fingerprint density at radius 3 is 1.42 bits per heavy atom. The quantitative estimate of drug-likeness (QED) is 0.182. The van der Waals surface area contributed by atoms with E-state index in [-0.39, 0.29) is 16.5 Å². The first-order chi connectivity index (χ1) is 21.4. The third kappa shape index (κ3) is 5.85. The van der Waals surface area contributed by atoms with Gasteiger partial charge in [-0.05, 0) is 85.5 Å². The zero-order valence-electron chi connectivity index (χ0n) is 28.1. The van der Waals surface area contributed by atoms with Crippen LogP contribution in [-0.2, 0) is 42.2 Å². The molecule has 0 atom stereocenters. The molecule has 3 aromatic heterocycles. The van der Waals surface area contributed by atoms with Crippen molar-refractivity contribution in [3.63, 3.8) is 0 Å². The standard InChI is InChI=1S/C40H44N4.Ni/c1-10-19-20-32-39-30(17-8)28(15-6)37(43-39)22-35-26(13-4)24(11-2)33(41-35)21-34-25(12-3)27(14-5)36(42-34)23-38-29(16-7)31(18-9)40(32)44-38;/h1,21-23H,11-18H2,2-9H3;/q-2;+2. The van der Waals surface area contributed by atoms with E-state index in [0.717, 1.165) is 102 Å². The number of hydrogen-bond donors (Lipinski definition) is 0. The van der Waals surface area contributed by atoms with Crippen molar-refractivity contribution in [1.29, 1.82) is 0 Å². The van der Waals surface area contributed by atoms with Gasteiger partial charge in [0.1, 0.15) is 0 Å². The van der Waals surface area contributed by atoms with Crippen LogP contribution in [0.5, 0.6) is 0 Å². The molecule has 5 heteroatoms. The number of nitrogens with zero attached hydrogens (tertiary/aromatic N) is 4. The topological polar surface area (TPSA) is 54.0 Å². The molecule has 0 saturated carbocycles. The van der Waals surface area contributed by atoms with Gasteiger partial charge in [-0.2, -0.15) is 0 Å². The van der Waals surface area contributed by atoms with Gasteiger partial charge in [-0.15, -0.1) is 28.5 Å². The molecule has 0 amide bonds. The molecule has 2 aliphatic heterocycles. The molecule has 4 nitrogen and oxygen atoms in total. The van der Waals surface area contributed by atoms with Crippen molar-refractivity contribution < 1.29 is 16.5 Å². The molecule has 8 bridgehead atoms. The van der Waals surface area contributed by atoms with Crippen LogP contribution >= 0.6 is 0 Å². The Labute approximate surface area is 279 Å². The van der Waals surface area contributed by atoms with Gasteiger partial charge >= 0.3 is 16.5 Å². The summed E-state index contributed by atoms with van der Waals surface area (Å²) >= 11 is 0. The fourth-order valence-electron chi connectivity index (χ4n) is 7.23. The van der Waals surface area contributed by atoms with Crippen molar-refractivity contribution in [3.05, 3.63) is 68.8 Å². The number of aromatic nitrogens is 4. The van der Waals surface area contributed by atoms with Crippen molar-refractivity contribution >= 4 is 44.4 Å². The molecule has 3 aromatic rings. The van der Waals surface area contributed by atoms with Gasteiger partial charge in [0.2, 0.25) is 0 Å². The number of fused-ring (bicyclic) bond motifs is 8.